The zero-order valence-electron chi connectivity index (χ0n) is 17.0. The van der Waals surface area contributed by atoms with Gasteiger partial charge in [0.15, 0.2) is 5.17 Å². The zero-order valence-corrected chi connectivity index (χ0v) is 19.3. The zero-order chi connectivity index (χ0) is 23.0. The molecule has 0 spiro atoms. The number of carbonyl (C=O) groups excluding carboxylic acids is 1. The molecule has 2 N–H and O–H groups in total. The fourth-order valence-electron chi connectivity index (χ4n) is 3.40. The number of amides is 1. The summed E-state index contributed by atoms with van der Waals surface area (Å²) in [5.41, 5.74) is 4.01. The molecule has 9 heteroatoms. The van der Waals surface area contributed by atoms with Crippen LogP contribution < -0.4 is 5.32 Å². The van der Waals surface area contributed by atoms with Crippen molar-refractivity contribution in [2.75, 3.05) is 0 Å². The monoisotopic (exact) mass is 485 g/mol. The number of hydrogen-bond acceptors (Lipinski definition) is 4. The summed E-state index contributed by atoms with van der Waals surface area (Å²) in [7, 11) is 0. The minimum absolute atomic E-state index is 0.0327. The van der Waals surface area contributed by atoms with Gasteiger partial charge in [-0.15, -0.1) is 0 Å². The Hall–Kier alpha value is -3.00. The van der Waals surface area contributed by atoms with Crippen LogP contribution in [0.2, 0.25) is 10.0 Å². The van der Waals surface area contributed by atoms with Crippen LogP contribution in [0.5, 0.6) is 0 Å². The van der Waals surface area contributed by atoms with Gasteiger partial charge in [0.1, 0.15) is 0 Å². The Labute approximate surface area is 198 Å². The van der Waals surface area contributed by atoms with Crippen LogP contribution in [0.15, 0.2) is 58.4 Å². The maximum atomic E-state index is 12.5. The Kier molecular flexibility index (Phi) is 6.15. The standard InChI is InChI=1S/C23H17Cl2N3O3S/c1-12-9-14(13(2)28(12)17-7-8-19(25)18(11-17)22(30)31)10-20-21(29)27-23(32-20)26-16-5-3-15(24)4-6-16/h3-11H,1-2H3,(H,30,31)(H,26,27,29)/b20-10-. The van der Waals surface area contributed by atoms with E-state index in [2.05, 4.69) is 10.3 Å². The lowest BCUT2D eigenvalue weighted by molar-refractivity contribution is -0.115. The number of aromatic carboxylic acids is 1. The highest BCUT2D eigenvalue weighted by Gasteiger charge is 2.25. The molecule has 2 heterocycles. The van der Waals surface area contributed by atoms with E-state index in [0.717, 1.165) is 17.0 Å². The van der Waals surface area contributed by atoms with E-state index in [1.165, 1.54) is 17.8 Å². The number of hydrogen-bond donors (Lipinski definition) is 2. The number of carboxylic acids is 1. The topological polar surface area (TPSA) is 83.7 Å². The third kappa shape index (κ3) is 4.46. The van der Waals surface area contributed by atoms with Gasteiger partial charge < -0.3 is 15.0 Å². The molecule has 3 aromatic rings. The van der Waals surface area contributed by atoms with Crippen molar-refractivity contribution in [3.8, 4) is 5.69 Å². The van der Waals surface area contributed by atoms with E-state index in [9.17, 15) is 14.7 Å². The minimum atomic E-state index is -1.09. The number of aromatic nitrogens is 1. The van der Waals surface area contributed by atoms with Gasteiger partial charge in [-0.05, 0) is 85.8 Å². The van der Waals surface area contributed by atoms with Crippen LogP contribution in [-0.2, 0) is 4.79 Å². The van der Waals surface area contributed by atoms with Gasteiger partial charge in [0.05, 0.1) is 21.2 Å². The number of halogens is 2. The first kappa shape index (κ1) is 22.2. The minimum Gasteiger partial charge on any atom is -0.478 e. The molecule has 1 aliphatic heterocycles. The van der Waals surface area contributed by atoms with Crippen molar-refractivity contribution in [1.82, 2.24) is 9.88 Å². The molecule has 6 nitrogen and oxygen atoms in total. The number of aliphatic imine (C=N–C) groups is 1. The smallest absolute Gasteiger partial charge is 0.337 e. The highest BCUT2D eigenvalue weighted by atomic mass is 35.5. The fourth-order valence-corrected chi connectivity index (χ4v) is 4.56. The molecule has 0 saturated carbocycles. The van der Waals surface area contributed by atoms with Gasteiger partial charge in [0, 0.05) is 22.1 Å². The quantitative estimate of drug-likeness (QED) is 0.444. The van der Waals surface area contributed by atoms with Gasteiger partial charge >= 0.3 is 5.97 Å². The molecule has 0 unspecified atom stereocenters. The third-order valence-electron chi connectivity index (χ3n) is 4.90. The Morgan fingerprint density at radius 1 is 1.12 bits per heavy atom. The van der Waals surface area contributed by atoms with Crippen molar-refractivity contribution in [3.05, 3.63) is 86.0 Å². The summed E-state index contributed by atoms with van der Waals surface area (Å²) in [4.78, 5) is 28.9. The van der Waals surface area contributed by atoms with Gasteiger partial charge in [0.25, 0.3) is 5.91 Å². The summed E-state index contributed by atoms with van der Waals surface area (Å²) in [6.07, 6.45) is 1.80. The summed E-state index contributed by atoms with van der Waals surface area (Å²) in [6.45, 7) is 3.83. The number of carbonyl (C=O) groups is 2. The van der Waals surface area contributed by atoms with E-state index >= 15 is 0 Å². The molecule has 2 aromatic carbocycles. The first-order chi connectivity index (χ1) is 15.2. The van der Waals surface area contributed by atoms with Crippen LogP contribution in [0, 0.1) is 13.8 Å². The van der Waals surface area contributed by atoms with Crippen molar-refractivity contribution in [3.63, 3.8) is 0 Å². The first-order valence-electron chi connectivity index (χ1n) is 9.50. The van der Waals surface area contributed by atoms with Crippen molar-refractivity contribution in [1.29, 1.82) is 0 Å². The van der Waals surface area contributed by atoms with Gasteiger partial charge in [-0.1, -0.05) is 23.2 Å². The molecule has 0 atom stereocenters. The number of aryl methyl sites for hydroxylation is 1. The van der Waals surface area contributed by atoms with Crippen LogP contribution in [-0.4, -0.2) is 26.7 Å². The Morgan fingerprint density at radius 2 is 1.84 bits per heavy atom. The van der Waals surface area contributed by atoms with Gasteiger partial charge in [0.2, 0.25) is 0 Å². The number of amidine groups is 1. The second-order valence-corrected chi connectivity index (χ2v) is 8.96. The highest BCUT2D eigenvalue weighted by Crippen LogP contribution is 2.31. The Balaban J connectivity index is 1.66. The molecule has 1 amide bonds. The van der Waals surface area contributed by atoms with E-state index in [-0.39, 0.29) is 16.5 Å². The average molecular weight is 486 g/mol. The predicted molar refractivity (Wildman–Crippen MR) is 129 cm³/mol. The van der Waals surface area contributed by atoms with Crippen molar-refractivity contribution in [2.24, 2.45) is 4.99 Å². The summed E-state index contributed by atoms with van der Waals surface area (Å²) in [5.74, 6) is -1.32. The average Bonchev–Trinajstić information content (AvgIpc) is 3.22. The van der Waals surface area contributed by atoms with E-state index in [1.807, 2.05) is 24.5 Å². The number of thioether (sulfide) groups is 1. The molecule has 0 aliphatic carbocycles. The predicted octanol–water partition coefficient (Wildman–Crippen LogP) is 5.99. The van der Waals surface area contributed by atoms with Gasteiger partial charge in [-0.3, -0.25) is 4.79 Å². The SMILES string of the molecule is Cc1cc(/C=C2\SC(=Nc3ccc(Cl)cc3)NC2=O)c(C)n1-c1ccc(Cl)c(C(=O)O)c1. The van der Waals surface area contributed by atoms with E-state index in [4.69, 9.17) is 23.2 Å². The van der Waals surface area contributed by atoms with Crippen molar-refractivity contribution >= 4 is 63.8 Å². The molecule has 1 fully saturated rings. The van der Waals surface area contributed by atoms with Gasteiger partial charge in [-0.25, -0.2) is 9.79 Å². The molecule has 32 heavy (non-hydrogen) atoms. The number of rotatable bonds is 4. The van der Waals surface area contributed by atoms with Crippen LogP contribution in [0.4, 0.5) is 5.69 Å². The summed E-state index contributed by atoms with van der Waals surface area (Å²) in [5, 5.41) is 13.4. The first-order valence-corrected chi connectivity index (χ1v) is 11.1. The van der Waals surface area contributed by atoms with Crippen LogP contribution in [0.25, 0.3) is 11.8 Å². The molecule has 1 aromatic heterocycles. The number of nitrogens with zero attached hydrogens (tertiary/aromatic N) is 2. The van der Waals surface area contributed by atoms with Crippen molar-refractivity contribution < 1.29 is 14.7 Å². The number of nitrogens with one attached hydrogen (secondary N) is 1. The molecule has 1 saturated heterocycles. The van der Waals surface area contributed by atoms with E-state index in [0.29, 0.717) is 26.5 Å². The summed E-state index contributed by atoms with van der Waals surface area (Å²) < 4.78 is 1.93. The second kappa shape index (κ2) is 8.86. The molecular formula is C23H17Cl2N3O3S. The Bertz CT molecular complexity index is 1310. The van der Waals surface area contributed by atoms with E-state index in [1.54, 1.807) is 42.5 Å². The van der Waals surface area contributed by atoms with Gasteiger partial charge in [-0.2, -0.15) is 0 Å². The lowest BCUT2D eigenvalue weighted by Gasteiger charge is -2.11. The van der Waals surface area contributed by atoms with Crippen LogP contribution >= 0.6 is 35.0 Å². The van der Waals surface area contributed by atoms with Crippen LogP contribution in [0.1, 0.15) is 27.3 Å². The van der Waals surface area contributed by atoms with E-state index < -0.39 is 5.97 Å². The third-order valence-corrected chi connectivity index (χ3v) is 6.40. The molecule has 0 radical (unpaired) electrons. The molecule has 0 bridgehead atoms. The lowest BCUT2D eigenvalue weighted by Crippen LogP contribution is -2.19. The lowest BCUT2D eigenvalue weighted by atomic mass is 10.2. The Morgan fingerprint density at radius 3 is 2.53 bits per heavy atom. The second-order valence-electron chi connectivity index (χ2n) is 7.09. The molecule has 162 valence electrons. The molecule has 1 aliphatic rings. The molecule has 4 rings (SSSR count). The fraction of sp³-hybridized carbons (Fsp3) is 0.0870. The summed E-state index contributed by atoms with van der Waals surface area (Å²) >= 11 is 13.2. The maximum absolute atomic E-state index is 12.5. The molecular weight excluding hydrogens is 469 g/mol. The highest BCUT2D eigenvalue weighted by molar-refractivity contribution is 8.18. The summed E-state index contributed by atoms with van der Waals surface area (Å²) in [6, 6.07) is 13.8. The van der Waals surface area contributed by atoms with Crippen molar-refractivity contribution in [2.45, 2.75) is 13.8 Å². The van der Waals surface area contributed by atoms with Crippen LogP contribution in [0.3, 0.4) is 0 Å². The number of benzene rings is 2. The largest absolute Gasteiger partial charge is 0.478 e. The maximum Gasteiger partial charge on any atom is 0.337 e. The number of carboxylic acid groups (broad SMARTS) is 1. The normalized spacial score (nSPS) is 16.1.